The monoisotopic (exact) mass is 462 g/mol. The number of aromatic nitrogens is 4. The molecular weight excluding hydrogens is 432 g/mol. The van der Waals surface area contributed by atoms with Gasteiger partial charge in [-0.25, -0.2) is 17.4 Å². The molecule has 1 fully saturated rings. The zero-order chi connectivity index (χ0) is 23.4. The van der Waals surface area contributed by atoms with Gasteiger partial charge in [0.05, 0.1) is 11.1 Å². The molecule has 0 spiro atoms. The van der Waals surface area contributed by atoms with E-state index in [9.17, 15) is 8.42 Å². The highest BCUT2D eigenvalue weighted by Gasteiger charge is 2.39. The summed E-state index contributed by atoms with van der Waals surface area (Å²) in [6, 6.07) is 10.6. The molecule has 1 aromatic carbocycles. The van der Waals surface area contributed by atoms with Crippen LogP contribution in [-0.2, 0) is 10.0 Å². The fourth-order valence-corrected chi connectivity index (χ4v) is 7.26. The van der Waals surface area contributed by atoms with E-state index in [-0.39, 0.29) is 15.7 Å². The molecule has 7 heteroatoms. The van der Waals surface area contributed by atoms with Gasteiger partial charge in [0.25, 0.3) is 10.0 Å². The molecule has 0 saturated heterocycles. The van der Waals surface area contributed by atoms with E-state index in [0.29, 0.717) is 11.6 Å². The first-order valence-corrected chi connectivity index (χ1v) is 12.8. The van der Waals surface area contributed by atoms with E-state index in [0.717, 1.165) is 29.4 Å². The maximum atomic E-state index is 13.5. The van der Waals surface area contributed by atoms with E-state index in [2.05, 4.69) is 44.0 Å². The van der Waals surface area contributed by atoms with Gasteiger partial charge >= 0.3 is 0 Å². The van der Waals surface area contributed by atoms with Crippen molar-refractivity contribution >= 4 is 21.1 Å². The van der Waals surface area contributed by atoms with Crippen LogP contribution in [0.5, 0.6) is 0 Å². The Bertz CT molecular complexity index is 1390. The predicted octanol–water partition coefficient (Wildman–Crippen LogP) is 5.98. The maximum Gasteiger partial charge on any atom is 0.269 e. The second-order valence-electron chi connectivity index (χ2n) is 10.9. The Labute approximate surface area is 195 Å². The summed E-state index contributed by atoms with van der Waals surface area (Å²) < 4.78 is 28.3. The number of pyridine rings is 1. The van der Waals surface area contributed by atoms with E-state index >= 15 is 0 Å². The van der Waals surface area contributed by atoms with Crippen molar-refractivity contribution in [2.24, 2.45) is 10.8 Å². The molecule has 0 amide bonds. The van der Waals surface area contributed by atoms with Crippen molar-refractivity contribution < 1.29 is 8.42 Å². The van der Waals surface area contributed by atoms with Crippen molar-refractivity contribution in [3.63, 3.8) is 0 Å². The van der Waals surface area contributed by atoms with Crippen LogP contribution < -0.4 is 0 Å². The average Bonchev–Trinajstić information content (AvgIpc) is 3.39. The fraction of sp³-hybridized carbons (Fsp3) is 0.385. The van der Waals surface area contributed by atoms with Gasteiger partial charge in [0.1, 0.15) is 0 Å². The number of H-pyrrole nitrogens is 1. The molecule has 0 aliphatic heterocycles. The Morgan fingerprint density at radius 2 is 1.73 bits per heavy atom. The summed E-state index contributed by atoms with van der Waals surface area (Å²) in [5, 5.41) is 7.75. The highest BCUT2D eigenvalue weighted by Crippen LogP contribution is 2.52. The largest absolute Gasteiger partial charge is 0.285 e. The Morgan fingerprint density at radius 1 is 1.03 bits per heavy atom. The van der Waals surface area contributed by atoms with Crippen molar-refractivity contribution in [2.75, 3.05) is 0 Å². The number of nitrogens with zero attached hydrogens (tertiary/aromatic N) is 3. The number of hydrogen-bond acceptors (Lipinski definition) is 4. The molecule has 172 valence electrons. The van der Waals surface area contributed by atoms with Crippen LogP contribution in [0.3, 0.4) is 0 Å². The molecule has 1 N–H and O–H groups in total. The van der Waals surface area contributed by atoms with E-state index < -0.39 is 10.0 Å². The third kappa shape index (κ3) is 3.99. The standard InChI is InChI=1S/C26H30N4O2S/c1-25(2)11-19(12-26(3,4)17-25)18-10-22-23(20-14-28-29-15-20)16-30(24(22)27-13-18)33(31,32)21-8-6-5-7-9-21/h5-10,13-16,19H,11-12,17H2,1-4H3,(H,28,29). The minimum atomic E-state index is -3.79. The Kier molecular flexibility index (Phi) is 5.01. The van der Waals surface area contributed by atoms with Crippen LogP contribution in [0.1, 0.15) is 58.4 Å². The van der Waals surface area contributed by atoms with Crippen molar-refractivity contribution in [1.82, 2.24) is 19.2 Å². The second kappa shape index (κ2) is 7.55. The molecule has 0 unspecified atom stereocenters. The molecule has 1 aliphatic rings. The minimum Gasteiger partial charge on any atom is -0.285 e. The normalized spacial score (nSPS) is 18.5. The number of nitrogens with one attached hydrogen (secondary N) is 1. The molecule has 0 atom stereocenters. The Morgan fingerprint density at radius 3 is 2.36 bits per heavy atom. The van der Waals surface area contributed by atoms with E-state index in [1.165, 1.54) is 16.0 Å². The summed E-state index contributed by atoms with van der Waals surface area (Å²) in [5.41, 5.74) is 3.75. The average molecular weight is 463 g/mol. The zero-order valence-electron chi connectivity index (χ0n) is 19.5. The summed E-state index contributed by atoms with van der Waals surface area (Å²) in [6.07, 6.45) is 10.4. The van der Waals surface area contributed by atoms with Gasteiger partial charge < -0.3 is 0 Å². The Balaban J connectivity index is 1.68. The fourth-order valence-electron chi connectivity index (χ4n) is 5.92. The first kappa shape index (κ1) is 21.9. The van der Waals surface area contributed by atoms with E-state index in [4.69, 9.17) is 4.98 Å². The molecule has 4 aromatic rings. The van der Waals surface area contributed by atoms with Gasteiger partial charge in [-0.3, -0.25) is 5.10 Å². The zero-order valence-corrected chi connectivity index (χ0v) is 20.4. The van der Waals surface area contributed by atoms with Crippen molar-refractivity contribution in [3.05, 3.63) is 66.7 Å². The van der Waals surface area contributed by atoms with E-state index in [1.54, 1.807) is 48.9 Å². The Hall–Kier alpha value is -2.93. The SMILES string of the molecule is CC1(C)CC(c2cnc3c(c2)c(-c2cn[nH]c2)cn3S(=O)(=O)c2ccccc2)CC(C)(C)C1. The molecule has 3 aromatic heterocycles. The molecule has 3 heterocycles. The number of rotatable bonds is 4. The molecule has 1 aliphatic carbocycles. The number of fused-ring (bicyclic) bond motifs is 1. The third-order valence-corrected chi connectivity index (χ3v) is 8.43. The van der Waals surface area contributed by atoms with Gasteiger partial charge in [0.2, 0.25) is 0 Å². The first-order valence-electron chi connectivity index (χ1n) is 11.4. The van der Waals surface area contributed by atoms with Crippen molar-refractivity contribution in [2.45, 2.75) is 57.8 Å². The van der Waals surface area contributed by atoms with Gasteiger partial charge in [0, 0.05) is 35.1 Å². The minimum absolute atomic E-state index is 0.238. The molecule has 5 rings (SSSR count). The number of hydrogen-bond donors (Lipinski definition) is 1. The predicted molar refractivity (Wildman–Crippen MR) is 130 cm³/mol. The van der Waals surface area contributed by atoms with Gasteiger partial charge in [0.15, 0.2) is 5.65 Å². The summed E-state index contributed by atoms with van der Waals surface area (Å²) in [4.78, 5) is 4.97. The van der Waals surface area contributed by atoms with Crippen LogP contribution in [-0.4, -0.2) is 27.6 Å². The van der Waals surface area contributed by atoms with Crippen LogP contribution in [0.4, 0.5) is 0 Å². The lowest BCUT2D eigenvalue weighted by Gasteiger charge is -2.45. The maximum absolute atomic E-state index is 13.5. The quantitative estimate of drug-likeness (QED) is 0.404. The van der Waals surface area contributed by atoms with Crippen LogP contribution >= 0.6 is 0 Å². The van der Waals surface area contributed by atoms with Gasteiger partial charge in [-0.1, -0.05) is 45.9 Å². The summed E-state index contributed by atoms with van der Waals surface area (Å²) in [6.45, 7) is 9.36. The molecular formula is C26H30N4O2S. The van der Waals surface area contributed by atoms with E-state index in [1.807, 2.05) is 6.20 Å². The molecule has 33 heavy (non-hydrogen) atoms. The number of benzene rings is 1. The lowest BCUT2D eigenvalue weighted by atomic mass is 9.60. The van der Waals surface area contributed by atoms with Gasteiger partial charge in [-0.15, -0.1) is 0 Å². The van der Waals surface area contributed by atoms with Crippen molar-refractivity contribution in [1.29, 1.82) is 0 Å². The van der Waals surface area contributed by atoms with Crippen LogP contribution in [0.25, 0.3) is 22.2 Å². The van der Waals surface area contributed by atoms with Crippen molar-refractivity contribution in [3.8, 4) is 11.1 Å². The third-order valence-electron chi connectivity index (χ3n) is 6.77. The molecule has 0 radical (unpaired) electrons. The summed E-state index contributed by atoms with van der Waals surface area (Å²) >= 11 is 0. The number of aromatic amines is 1. The lowest BCUT2D eigenvalue weighted by Crippen LogP contribution is -2.32. The molecule has 6 nitrogen and oxygen atoms in total. The highest BCUT2D eigenvalue weighted by molar-refractivity contribution is 7.90. The summed E-state index contributed by atoms with van der Waals surface area (Å²) in [5.74, 6) is 0.381. The topological polar surface area (TPSA) is 80.6 Å². The van der Waals surface area contributed by atoms with Crippen LogP contribution in [0.15, 0.2) is 66.1 Å². The first-order chi connectivity index (χ1) is 15.6. The highest BCUT2D eigenvalue weighted by atomic mass is 32.2. The smallest absolute Gasteiger partial charge is 0.269 e. The second-order valence-corrected chi connectivity index (χ2v) is 12.7. The molecule has 0 bridgehead atoms. The van der Waals surface area contributed by atoms with Crippen LogP contribution in [0.2, 0.25) is 0 Å². The van der Waals surface area contributed by atoms with Gasteiger partial charge in [-0.05, 0) is 59.8 Å². The van der Waals surface area contributed by atoms with Crippen LogP contribution in [0, 0.1) is 10.8 Å². The van der Waals surface area contributed by atoms with Gasteiger partial charge in [-0.2, -0.15) is 5.10 Å². The lowest BCUT2D eigenvalue weighted by molar-refractivity contribution is 0.0968. The summed E-state index contributed by atoms with van der Waals surface area (Å²) in [7, 11) is -3.79. The molecule has 1 saturated carbocycles.